The van der Waals surface area contributed by atoms with Crippen LogP contribution in [0.2, 0.25) is 0 Å². The third-order valence-corrected chi connectivity index (χ3v) is 17.6. The standard InChI is InChI=1S/C66H101N7O15S/c1-14-45(6)53(65(84)72(15-2)55(43(3)4)40-57(88-48(9)75)64-70-54(41-89-64)63(83)69-51(36-46(7)87-42-74)37-49-25-23-44(5)24-26-49)39-58(78)66(10,11)71(12)31-19-22-56(77)47(8)68-62(82)50(20-16-17-30-67-59(79)29-33-86-35-34-85-13)38-52(76)21-18-32-73-60(80)27-28-61(73)81/h23-28,41-43,45-47,50-51,53,55,57H,14-22,29-40H2,1-13H3,(H,67,79)(H,68,82)(H,69,83)/t45?,46?,47?,50?,51-,53+,55-,57-/m1/s1. The normalized spacial score (nSPS) is 15.2. The summed E-state index contributed by atoms with van der Waals surface area (Å²) in [7, 11) is 3.35. The Hall–Kier alpha value is -6.56. The Kier molecular flexibility index (Phi) is 34.1. The van der Waals surface area contributed by atoms with E-state index in [0.29, 0.717) is 89.3 Å². The van der Waals surface area contributed by atoms with Gasteiger partial charge in [-0.25, -0.2) is 4.98 Å². The van der Waals surface area contributed by atoms with Gasteiger partial charge in [0.05, 0.1) is 31.4 Å². The number of ether oxygens (including phenoxy) is 4. The molecule has 496 valence electrons. The quantitative estimate of drug-likeness (QED) is 0.0252. The van der Waals surface area contributed by atoms with Crippen molar-refractivity contribution < 1.29 is 71.7 Å². The molecule has 23 heteroatoms. The molecular weight excluding hydrogens is 1160 g/mol. The van der Waals surface area contributed by atoms with Gasteiger partial charge < -0.3 is 39.8 Å². The van der Waals surface area contributed by atoms with Gasteiger partial charge >= 0.3 is 5.97 Å². The van der Waals surface area contributed by atoms with Gasteiger partial charge in [0.1, 0.15) is 22.6 Å². The summed E-state index contributed by atoms with van der Waals surface area (Å²) in [5.41, 5.74) is 1.14. The van der Waals surface area contributed by atoms with E-state index in [1.807, 2.05) is 70.7 Å². The Morgan fingerprint density at radius 1 is 0.843 bits per heavy atom. The van der Waals surface area contributed by atoms with E-state index < -0.39 is 77.3 Å². The minimum Gasteiger partial charge on any atom is -0.465 e. The fourth-order valence-electron chi connectivity index (χ4n) is 10.6. The van der Waals surface area contributed by atoms with Gasteiger partial charge in [0.15, 0.2) is 17.7 Å². The lowest BCUT2D eigenvalue weighted by atomic mass is 9.81. The number of ketones is 3. The number of thiazole rings is 1. The first-order valence-corrected chi connectivity index (χ1v) is 32.4. The second-order valence-corrected chi connectivity index (χ2v) is 25.2. The van der Waals surface area contributed by atoms with E-state index in [4.69, 9.17) is 18.9 Å². The number of unbranched alkanes of at least 4 members (excludes halogenated alkanes) is 1. The van der Waals surface area contributed by atoms with Gasteiger partial charge in [-0.1, -0.05) is 70.4 Å². The van der Waals surface area contributed by atoms with Crippen molar-refractivity contribution in [2.45, 2.75) is 202 Å². The molecule has 0 fully saturated rings. The fourth-order valence-corrected chi connectivity index (χ4v) is 11.4. The largest absolute Gasteiger partial charge is 0.465 e. The number of nitrogens with zero attached hydrogens (tertiary/aromatic N) is 4. The van der Waals surface area contributed by atoms with Gasteiger partial charge in [-0.3, -0.25) is 62.5 Å². The molecule has 89 heavy (non-hydrogen) atoms. The van der Waals surface area contributed by atoms with Crippen molar-refractivity contribution in [2.24, 2.45) is 23.7 Å². The molecule has 6 amide bonds. The zero-order chi connectivity index (χ0) is 66.4. The number of carbonyl (C=O) groups is 11. The van der Waals surface area contributed by atoms with Crippen LogP contribution in [-0.4, -0.2) is 175 Å². The third-order valence-electron chi connectivity index (χ3n) is 16.7. The van der Waals surface area contributed by atoms with Gasteiger partial charge in [0, 0.05) is 120 Å². The summed E-state index contributed by atoms with van der Waals surface area (Å²) in [6.07, 6.45) is 4.63. The van der Waals surface area contributed by atoms with Crippen LogP contribution < -0.4 is 16.0 Å². The van der Waals surface area contributed by atoms with Crippen molar-refractivity contribution in [3.8, 4) is 0 Å². The van der Waals surface area contributed by atoms with Crippen LogP contribution in [0.15, 0.2) is 41.8 Å². The number of hydrogen-bond acceptors (Lipinski definition) is 18. The number of nitrogens with one attached hydrogen (secondary N) is 3. The smallest absolute Gasteiger partial charge is 0.303 e. The van der Waals surface area contributed by atoms with Gasteiger partial charge in [0.25, 0.3) is 24.2 Å². The molecule has 3 N–H and O–H groups in total. The number of methoxy groups -OCH3 is 1. The molecule has 0 aliphatic carbocycles. The third kappa shape index (κ3) is 26.4. The summed E-state index contributed by atoms with van der Waals surface area (Å²) in [6, 6.07) is 6.17. The number of imide groups is 1. The van der Waals surface area contributed by atoms with Crippen LogP contribution in [0.1, 0.15) is 185 Å². The van der Waals surface area contributed by atoms with Crippen LogP contribution in [0, 0.1) is 30.6 Å². The highest BCUT2D eigenvalue weighted by atomic mass is 32.1. The number of amides is 6. The molecule has 4 unspecified atom stereocenters. The van der Waals surface area contributed by atoms with E-state index in [-0.39, 0.29) is 105 Å². The summed E-state index contributed by atoms with van der Waals surface area (Å²) in [4.78, 5) is 154. The van der Waals surface area contributed by atoms with Crippen molar-refractivity contribution in [2.75, 3.05) is 60.2 Å². The van der Waals surface area contributed by atoms with E-state index in [9.17, 15) is 47.9 Å². The molecule has 3 rings (SSSR count). The predicted molar refractivity (Wildman–Crippen MR) is 338 cm³/mol. The summed E-state index contributed by atoms with van der Waals surface area (Å²) in [6.45, 7) is 22.5. The lowest BCUT2D eigenvalue weighted by molar-refractivity contribution is -0.150. The highest BCUT2D eigenvalue weighted by molar-refractivity contribution is 7.09. The molecule has 22 nitrogen and oxygen atoms in total. The molecule has 1 aromatic heterocycles. The van der Waals surface area contributed by atoms with E-state index in [1.165, 1.54) is 30.4 Å². The number of carbonyl (C=O) groups excluding carboxylic acids is 11. The number of aryl methyl sites for hydroxylation is 1. The SMILES string of the molecule is CCC(C)[C@H](CC(=O)C(C)(C)N(C)CCCC(=O)C(C)NC(=O)C(CCCCNC(=O)CCOCCOC)CC(=O)CCCN1C(=O)C=CC1=O)C(=O)N(CC)[C@H](C[C@@H](OC(C)=O)c1nc(C(=O)N[C@@H](Cc2ccc(C)cc2)CC(C)OC=O)cs1)C(C)C. The van der Waals surface area contributed by atoms with Crippen LogP contribution in [0.3, 0.4) is 0 Å². The molecule has 1 aliphatic heterocycles. The molecule has 0 bridgehead atoms. The highest BCUT2D eigenvalue weighted by Crippen LogP contribution is 2.34. The summed E-state index contributed by atoms with van der Waals surface area (Å²) in [5, 5.41) is 10.7. The van der Waals surface area contributed by atoms with Crippen LogP contribution in [0.4, 0.5) is 0 Å². The molecular formula is C66H101N7O15S. The maximum Gasteiger partial charge on any atom is 0.303 e. The number of likely N-dealkylation sites (N-methyl/N-ethyl adjacent to an activating group) is 1. The first-order chi connectivity index (χ1) is 42.2. The van der Waals surface area contributed by atoms with Crippen molar-refractivity contribution >= 4 is 76.6 Å². The van der Waals surface area contributed by atoms with E-state index >= 15 is 4.79 Å². The molecule has 0 spiro atoms. The topological polar surface area (TPSA) is 283 Å². The van der Waals surface area contributed by atoms with Gasteiger partial charge in [-0.2, -0.15) is 0 Å². The Labute approximate surface area is 531 Å². The fraction of sp³-hybridized carbons (Fsp3) is 0.667. The number of Topliss-reactive ketones (excluding diaryl/α,β-unsaturated/α-hetero) is 3. The Morgan fingerprint density at radius 2 is 1.53 bits per heavy atom. The van der Waals surface area contributed by atoms with Crippen molar-refractivity contribution in [3.63, 3.8) is 0 Å². The Bertz CT molecular complexity index is 2660. The molecule has 0 saturated carbocycles. The molecule has 8 atom stereocenters. The molecule has 1 aliphatic rings. The summed E-state index contributed by atoms with van der Waals surface area (Å²) >= 11 is 1.17. The van der Waals surface area contributed by atoms with Crippen LogP contribution in [0.25, 0.3) is 0 Å². The van der Waals surface area contributed by atoms with Crippen LogP contribution >= 0.6 is 11.3 Å². The van der Waals surface area contributed by atoms with E-state index in [0.717, 1.165) is 16.0 Å². The van der Waals surface area contributed by atoms with Gasteiger partial charge in [-0.15, -0.1) is 11.3 Å². The first kappa shape index (κ1) is 76.7. The lowest BCUT2D eigenvalue weighted by Crippen LogP contribution is -2.52. The molecule has 0 radical (unpaired) electrons. The number of rotatable bonds is 46. The highest BCUT2D eigenvalue weighted by Gasteiger charge is 2.41. The molecule has 2 heterocycles. The average Bonchev–Trinajstić information content (AvgIpc) is 3.97. The van der Waals surface area contributed by atoms with E-state index in [2.05, 4.69) is 20.9 Å². The summed E-state index contributed by atoms with van der Waals surface area (Å²) < 4.78 is 21.4. The molecule has 1 aromatic carbocycles. The monoisotopic (exact) mass is 1260 g/mol. The molecule has 2 aromatic rings. The van der Waals surface area contributed by atoms with Gasteiger partial charge in [-0.05, 0) is 105 Å². The van der Waals surface area contributed by atoms with Gasteiger partial charge in [0.2, 0.25) is 17.7 Å². The predicted octanol–water partition coefficient (Wildman–Crippen LogP) is 7.42. The second kappa shape index (κ2) is 39.5. The maximum atomic E-state index is 15.0. The average molecular weight is 1260 g/mol. The number of esters is 1. The Morgan fingerprint density at radius 3 is 2.15 bits per heavy atom. The lowest BCUT2D eigenvalue weighted by Gasteiger charge is -2.40. The van der Waals surface area contributed by atoms with Crippen LogP contribution in [0.5, 0.6) is 0 Å². The number of hydrogen-bond donors (Lipinski definition) is 3. The van der Waals surface area contributed by atoms with Crippen molar-refractivity contribution in [1.29, 1.82) is 0 Å². The zero-order valence-corrected chi connectivity index (χ0v) is 55.8. The van der Waals surface area contributed by atoms with E-state index in [1.54, 1.807) is 52.1 Å². The maximum absolute atomic E-state index is 15.0. The second-order valence-electron chi connectivity index (χ2n) is 24.3. The van der Waals surface area contributed by atoms with Crippen LogP contribution in [-0.2, 0) is 73.3 Å². The minimum atomic E-state index is -1.06. The first-order valence-electron chi connectivity index (χ1n) is 31.5. The number of aromatic nitrogens is 1. The Balaban J connectivity index is 1.68. The number of benzene rings is 1. The molecule has 0 saturated heterocycles. The minimum absolute atomic E-state index is 0.0374. The van der Waals surface area contributed by atoms with Crippen molar-refractivity contribution in [3.05, 3.63) is 63.6 Å². The summed E-state index contributed by atoms with van der Waals surface area (Å²) in [5.74, 6) is -5.20. The van der Waals surface area contributed by atoms with Crippen molar-refractivity contribution in [1.82, 2.24) is 35.6 Å². The zero-order valence-electron chi connectivity index (χ0n) is 55.0.